The van der Waals surface area contributed by atoms with E-state index in [0.29, 0.717) is 16.3 Å². The molecule has 3 nitrogen and oxygen atoms in total. The molecule has 2 aromatic carbocycles. The van der Waals surface area contributed by atoms with Crippen molar-refractivity contribution in [2.24, 2.45) is 0 Å². The minimum Gasteiger partial charge on any atom is -0.333 e. The fourth-order valence-electron chi connectivity index (χ4n) is 2.17. The van der Waals surface area contributed by atoms with Gasteiger partial charge in [0.2, 0.25) is 0 Å². The Morgan fingerprint density at radius 3 is 2.59 bits per heavy atom. The van der Waals surface area contributed by atoms with Crippen LogP contribution in [0.2, 0.25) is 5.02 Å². The first-order valence-electron chi connectivity index (χ1n) is 6.91. The third kappa shape index (κ3) is 3.18. The molecule has 1 heterocycles. The van der Waals surface area contributed by atoms with Gasteiger partial charge in [0, 0.05) is 10.6 Å². The Morgan fingerprint density at radius 1 is 1.18 bits per heavy atom. The van der Waals surface area contributed by atoms with Crippen molar-refractivity contribution in [3.63, 3.8) is 0 Å². The lowest BCUT2D eigenvalue weighted by atomic mass is 10.1. The Hall–Kier alpha value is -1.78. The van der Waals surface area contributed by atoms with E-state index in [9.17, 15) is 4.79 Å². The first-order chi connectivity index (χ1) is 10.5. The molecule has 1 N–H and O–H groups in total. The van der Waals surface area contributed by atoms with E-state index in [4.69, 9.17) is 11.6 Å². The summed E-state index contributed by atoms with van der Waals surface area (Å²) in [5.41, 5.74) is 5.05. The van der Waals surface area contributed by atoms with E-state index >= 15 is 0 Å². The standard InChI is InChI=1S/C17H15ClN2OS/c1-10-7-14-15(8-11(10)2)20-17(19-14)22-9-16(21)12-3-5-13(18)6-4-12/h3-8H,9H2,1-2H3,(H,19,20). The normalized spacial score (nSPS) is 11.0. The highest BCUT2D eigenvalue weighted by Crippen LogP contribution is 2.23. The number of hydrogen-bond donors (Lipinski definition) is 1. The molecule has 0 spiro atoms. The molecule has 0 atom stereocenters. The molecule has 22 heavy (non-hydrogen) atoms. The molecule has 0 aliphatic heterocycles. The summed E-state index contributed by atoms with van der Waals surface area (Å²) in [4.78, 5) is 19.9. The van der Waals surface area contributed by atoms with Crippen LogP contribution in [0.5, 0.6) is 0 Å². The van der Waals surface area contributed by atoms with Crippen LogP contribution in [0.1, 0.15) is 21.5 Å². The number of rotatable bonds is 4. The van der Waals surface area contributed by atoms with Crippen molar-refractivity contribution in [3.8, 4) is 0 Å². The molecule has 5 heteroatoms. The summed E-state index contributed by atoms with van der Waals surface area (Å²) < 4.78 is 0. The fraction of sp³-hybridized carbons (Fsp3) is 0.176. The van der Waals surface area contributed by atoms with E-state index in [-0.39, 0.29) is 5.78 Å². The van der Waals surface area contributed by atoms with Gasteiger partial charge in [-0.25, -0.2) is 4.98 Å². The van der Waals surface area contributed by atoms with Crippen LogP contribution in [-0.2, 0) is 0 Å². The lowest BCUT2D eigenvalue weighted by molar-refractivity contribution is 0.102. The number of aromatic nitrogens is 2. The zero-order valence-electron chi connectivity index (χ0n) is 12.3. The van der Waals surface area contributed by atoms with Crippen LogP contribution in [0.25, 0.3) is 11.0 Å². The molecule has 0 fully saturated rings. The van der Waals surface area contributed by atoms with Gasteiger partial charge in [-0.2, -0.15) is 0 Å². The number of Topliss-reactive ketones (excluding diaryl/α,β-unsaturated/α-hetero) is 1. The molecule has 1 aromatic heterocycles. The second-order valence-electron chi connectivity index (χ2n) is 5.21. The van der Waals surface area contributed by atoms with Crippen LogP contribution in [-0.4, -0.2) is 21.5 Å². The summed E-state index contributed by atoms with van der Waals surface area (Å²) in [6.07, 6.45) is 0. The highest BCUT2D eigenvalue weighted by Gasteiger charge is 2.10. The number of H-pyrrole nitrogens is 1. The summed E-state index contributed by atoms with van der Waals surface area (Å²) in [5.74, 6) is 0.411. The van der Waals surface area contributed by atoms with Crippen molar-refractivity contribution in [3.05, 3.63) is 58.1 Å². The van der Waals surface area contributed by atoms with E-state index in [2.05, 4.69) is 35.9 Å². The number of ketones is 1. The topological polar surface area (TPSA) is 45.8 Å². The van der Waals surface area contributed by atoms with Gasteiger partial charge >= 0.3 is 0 Å². The smallest absolute Gasteiger partial charge is 0.173 e. The lowest BCUT2D eigenvalue weighted by Gasteiger charge is -1.99. The van der Waals surface area contributed by atoms with Crippen LogP contribution in [0, 0.1) is 13.8 Å². The summed E-state index contributed by atoms with van der Waals surface area (Å²) in [5, 5.41) is 1.40. The van der Waals surface area contributed by atoms with Gasteiger partial charge < -0.3 is 4.98 Å². The second kappa shape index (κ2) is 6.15. The zero-order valence-corrected chi connectivity index (χ0v) is 13.9. The van der Waals surface area contributed by atoms with Gasteiger partial charge in [-0.15, -0.1) is 0 Å². The number of fused-ring (bicyclic) bond motifs is 1. The number of carbonyl (C=O) groups excluding carboxylic acids is 1. The van der Waals surface area contributed by atoms with Crippen LogP contribution in [0.4, 0.5) is 0 Å². The molecular formula is C17H15ClN2OS. The summed E-state index contributed by atoms with van der Waals surface area (Å²) in [6, 6.07) is 11.1. The Labute approximate surface area is 138 Å². The first-order valence-corrected chi connectivity index (χ1v) is 8.28. The molecule has 0 unspecified atom stereocenters. The van der Waals surface area contributed by atoms with Gasteiger partial charge in [-0.1, -0.05) is 23.4 Å². The molecule has 3 rings (SSSR count). The van der Waals surface area contributed by atoms with Crippen molar-refractivity contribution in [2.45, 2.75) is 19.0 Å². The zero-order chi connectivity index (χ0) is 15.7. The van der Waals surface area contributed by atoms with E-state index < -0.39 is 0 Å². The molecule has 0 radical (unpaired) electrons. The molecule has 112 valence electrons. The van der Waals surface area contributed by atoms with Crippen molar-refractivity contribution >= 4 is 40.2 Å². The van der Waals surface area contributed by atoms with E-state index in [1.165, 1.54) is 22.9 Å². The molecule has 3 aromatic rings. The molecule has 0 aliphatic rings. The Balaban J connectivity index is 1.73. The number of thioether (sulfide) groups is 1. The molecule has 0 amide bonds. The van der Waals surface area contributed by atoms with Gasteiger partial charge in [0.05, 0.1) is 16.8 Å². The van der Waals surface area contributed by atoms with Crippen LogP contribution >= 0.6 is 23.4 Å². The Kier molecular flexibility index (Phi) is 4.23. The monoisotopic (exact) mass is 330 g/mol. The SMILES string of the molecule is Cc1cc2nc(SCC(=O)c3ccc(Cl)cc3)[nH]c2cc1C. The summed E-state index contributed by atoms with van der Waals surface area (Å²) >= 11 is 7.24. The minimum absolute atomic E-state index is 0.0643. The number of nitrogens with one attached hydrogen (secondary N) is 1. The van der Waals surface area contributed by atoms with Gasteiger partial charge in [-0.05, 0) is 61.4 Å². The Morgan fingerprint density at radius 2 is 1.86 bits per heavy atom. The lowest BCUT2D eigenvalue weighted by Crippen LogP contribution is -2.02. The van der Waals surface area contributed by atoms with Crippen LogP contribution < -0.4 is 0 Å². The Bertz CT molecular complexity index is 801. The van der Waals surface area contributed by atoms with Crippen LogP contribution in [0.3, 0.4) is 0 Å². The van der Waals surface area contributed by atoms with Crippen LogP contribution in [0.15, 0.2) is 41.6 Å². The number of hydrogen-bond acceptors (Lipinski definition) is 3. The largest absolute Gasteiger partial charge is 0.333 e. The number of halogens is 1. The highest BCUT2D eigenvalue weighted by molar-refractivity contribution is 7.99. The second-order valence-corrected chi connectivity index (χ2v) is 6.61. The fourth-order valence-corrected chi connectivity index (χ4v) is 3.07. The number of benzene rings is 2. The molecule has 0 bridgehead atoms. The van der Waals surface area contributed by atoms with Gasteiger partial charge in [0.15, 0.2) is 10.9 Å². The van der Waals surface area contributed by atoms with Gasteiger partial charge in [0.25, 0.3) is 0 Å². The van der Waals surface area contributed by atoms with Crippen molar-refractivity contribution in [1.29, 1.82) is 0 Å². The number of imidazole rings is 1. The van der Waals surface area contributed by atoms with Gasteiger partial charge in [-0.3, -0.25) is 4.79 Å². The molecule has 0 saturated carbocycles. The van der Waals surface area contributed by atoms with E-state index in [1.807, 2.05) is 0 Å². The average molecular weight is 331 g/mol. The molecule has 0 aliphatic carbocycles. The number of carbonyl (C=O) groups is 1. The number of aryl methyl sites for hydroxylation is 2. The molecular weight excluding hydrogens is 316 g/mol. The maximum absolute atomic E-state index is 12.1. The van der Waals surface area contributed by atoms with Gasteiger partial charge in [0.1, 0.15) is 0 Å². The predicted molar refractivity (Wildman–Crippen MR) is 92.1 cm³/mol. The van der Waals surface area contributed by atoms with Crippen molar-refractivity contribution in [2.75, 3.05) is 5.75 Å². The first kappa shape index (κ1) is 15.1. The number of aromatic amines is 1. The van der Waals surface area contributed by atoms with E-state index in [1.54, 1.807) is 24.3 Å². The van der Waals surface area contributed by atoms with E-state index in [0.717, 1.165) is 16.2 Å². The maximum atomic E-state index is 12.1. The summed E-state index contributed by atoms with van der Waals surface area (Å²) in [6.45, 7) is 4.15. The number of nitrogens with zero attached hydrogens (tertiary/aromatic N) is 1. The third-order valence-corrected chi connectivity index (χ3v) is 4.71. The molecule has 0 saturated heterocycles. The highest BCUT2D eigenvalue weighted by atomic mass is 35.5. The maximum Gasteiger partial charge on any atom is 0.173 e. The average Bonchev–Trinajstić information content (AvgIpc) is 2.88. The van der Waals surface area contributed by atoms with Crippen molar-refractivity contribution < 1.29 is 4.79 Å². The third-order valence-electron chi connectivity index (χ3n) is 3.58. The predicted octanol–water partition coefficient (Wildman–Crippen LogP) is 4.81. The summed E-state index contributed by atoms with van der Waals surface area (Å²) in [7, 11) is 0. The quantitative estimate of drug-likeness (QED) is 0.551. The minimum atomic E-state index is 0.0643. The van der Waals surface area contributed by atoms with Crippen molar-refractivity contribution in [1.82, 2.24) is 9.97 Å².